The molecule has 0 atom stereocenters. The third-order valence-electron chi connectivity index (χ3n) is 1.07. The number of halogens is 1. The van der Waals surface area contributed by atoms with Crippen LogP contribution in [0.4, 0.5) is 5.69 Å². The largest absolute Gasteiger partial charge is 1.00 e. The number of rotatable bonds is 2. The predicted octanol–water partition coefficient (Wildman–Crippen LogP) is -1.67. The summed E-state index contributed by atoms with van der Waals surface area (Å²) in [5.41, 5.74) is 0.249. The Kier molecular flexibility index (Phi) is 5.50. The summed E-state index contributed by atoms with van der Waals surface area (Å²) in [6, 6.07) is 6.33. The third kappa shape index (κ3) is 5.66. The van der Waals surface area contributed by atoms with E-state index in [-0.39, 0.29) is 35.2 Å². The molecular formula is C6H5BrNNaO3S. The van der Waals surface area contributed by atoms with E-state index in [1.165, 1.54) is 12.1 Å². The molecule has 0 unspecified atom stereocenters. The zero-order valence-corrected chi connectivity index (χ0v) is 11.2. The summed E-state index contributed by atoms with van der Waals surface area (Å²) < 4.78 is 33.2. The fourth-order valence-electron chi connectivity index (χ4n) is 0.696. The van der Waals surface area contributed by atoms with Crippen molar-refractivity contribution in [2.24, 2.45) is 0 Å². The van der Waals surface area contributed by atoms with Crippen molar-refractivity contribution in [3.05, 3.63) is 28.7 Å². The van der Waals surface area contributed by atoms with Crippen LogP contribution in [-0.4, -0.2) is 13.0 Å². The average molecular weight is 274 g/mol. The molecule has 0 aromatic heterocycles. The maximum atomic E-state index is 10.2. The van der Waals surface area contributed by atoms with Gasteiger partial charge in [-0.1, -0.05) is 22.0 Å². The van der Waals surface area contributed by atoms with Crippen LogP contribution in [0.3, 0.4) is 0 Å². The van der Waals surface area contributed by atoms with Gasteiger partial charge in [-0.05, 0) is 18.2 Å². The summed E-state index contributed by atoms with van der Waals surface area (Å²) in [7, 11) is -4.41. The molecule has 0 saturated heterocycles. The van der Waals surface area contributed by atoms with Gasteiger partial charge in [0.15, 0.2) is 10.3 Å². The molecule has 7 heteroatoms. The summed E-state index contributed by atoms with van der Waals surface area (Å²) in [6.07, 6.45) is 0. The summed E-state index contributed by atoms with van der Waals surface area (Å²) in [4.78, 5) is 0. The molecule has 4 nitrogen and oxygen atoms in total. The molecule has 1 aromatic carbocycles. The fraction of sp³-hybridized carbons (Fsp3) is 0. The van der Waals surface area contributed by atoms with E-state index in [9.17, 15) is 13.0 Å². The molecular weight excluding hydrogens is 269 g/mol. The van der Waals surface area contributed by atoms with E-state index >= 15 is 0 Å². The van der Waals surface area contributed by atoms with Crippen LogP contribution in [0.25, 0.3) is 0 Å². The molecule has 1 aromatic rings. The Morgan fingerprint density at radius 3 is 2.46 bits per heavy atom. The number of anilines is 1. The first-order chi connectivity index (χ1) is 5.47. The Bertz CT molecular complexity index is 381. The Balaban J connectivity index is 0.00000144. The van der Waals surface area contributed by atoms with E-state index in [0.29, 0.717) is 4.47 Å². The number of hydrogen-bond donors (Lipinski definition) is 1. The molecule has 66 valence electrons. The van der Waals surface area contributed by atoms with Crippen molar-refractivity contribution in [1.82, 2.24) is 0 Å². The van der Waals surface area contributed by atoms with Gasteiger partial charge < -0.3 is 4.55 Å². The Morgan fingerprint density at radius 2 is 2.00 bits per heavy atom. The van der Waals surface area contributed by atoms with E-state index in [4.69, 9.17) is 0 Å². The number of nitrogens with one attached hydrogen (secondary N) is 1. The van der Waals surface area contributed by atoms with Gasteiger partial charge in [0, 0.05) is 10.2 Å². The molecule has 0 aliphatic rings. The molecule has 0 spiro atoms. The first-order valence-electron chi connectivity index (χ1n) is 2.96. The molecule has 1 rings (SSSR count). The molecule has 0 fully saturated rings. The quantitative estimate of drug-likeness (QED) is 0.517. The van der Waals surface area contributed by atoms with E-state index in [2.05, 4.69) is 15.9 Å². The van der Waals surface area contributed by atoms with Crippen molar-refractivity contribution < 1.29 is 42.5 Å². The molecule has 0 heterocycles. The maximum absolute atomic E-state index is 10.2. The zero-order valence-electron chi connectivity index (χ0n) is 6.82. The number of hydrogen-bond acceptors (Lipinski definition) is 3. The molecule has 0 bridgehead atoms. The Hall–Kier alpha value is 0.410. The second kappa shape index (κ2) is 5.33. The second-order valence-electron chi connectivity index (χ2n) is 2.07. The van der Waals surface area contributed by atoms with Crippen LogP contribution in [0.5, 0.6) is 0 Å². The molecule has 1 N–H and O–H groups in total. The Labute approximate surface area is 107 Å². The third-order valence-corrected chi connectivity index (χ3v) is 2.05. The van der Waals surface area contributed by atoms with Crippen LogP contribution in [-0.2, 0) is 10.3 Å². The van der Waals surface area contributed by atoms with E-state index in [1.807, 2.05) is 4.72 Å². The standard InChI is InChI=1S/C6H6BrNO3S.Na/c7-5-2-1-3-6(4-5)8-12(9,10)11;/h1-4,8H,(H,9,10,11);/q;+1/p-1. The van der Waals surface area contributed by atoms with Gasteiger partial charge in [-0.15, -0.1) is 0 Å². The van der Waals surface area contributed by atoms with Gasteiger partial charge in [0.1, 0.15) is 0 Å². The van der Waals surface area contributed by atoms with Gasteiger partial charge in [-0.3, -0.25) is 4.72 Å². The molecule has 0 aliphatic heterocycles. The van der Waals surface area contributed by atoms with Crippen molar-refractivity contribution in [3.8, 4) is 0 Å². The second-order valence-corrected chi connectivity index (χ2v) is 4.09. The molecule has 0 amide bonds. The summed E-state index contributed by atoms with van der Waals surface area (Å²) in [5, 5.41) is 0. The normalized spacial score (nSPS) is 10.3. The predicted molar refractivity (Wildman–Crippen MR) is 47.5 cm³/mol. The summed E-state index contributed by atoms with van der Waals surface area (Å²) in [5.74, 6) is 0. The van der Waals surface area contributed by atoms with E-state index < -0.39 is 10.3 Å². The van der Waals surface area contributed by atoms with Crippen molar-refractivity contribution in [2.75, 3.05) is 4.72 Å². The summed E-state index contributed by atoms with van der Waals surface area (Å²) in [6.45, 7) is 0. The van der Waals surface area contributed by atoms with Crippen LogP contribution in [0.1, 0.15) is 0 Å². The van der Waals surface area contributed by atoms with Crippen LogP contribution < -0.4 is 34.3 Å². The first-order valence-corrected chi connectivity index (χ1v) is 5.17. The van der Waals surface area contributed by atoms with Crippen LogP contribution in [0.15, 0.2) is 28.7 Å². The topological polar surface area (TPSA) is 69.2 Å². The van der Waals surface area contributed by atoms with Crippen molar-refractivity contribution in [1.29, 1.82) is 0 Å². The molecule has 0 aliphatic carbocycles. The van der Waals surface area contributed by atoms with E-state index in [1.54, 1.807) is 12.1 Å². The summed E-state index contributed by atoms with van der Waals surface area (Å²) >= 11 is 3.13. The number of benzene rings is 1. The van der Waals surface area contributed by atoms with Gasteiger partial charge >= 0.3 is 29.6 Å². The van der Waals surface area contributed by atoms with Crippen molar-refractivity contribution in [3.63, 3.8) is 0 Å². The maximum Gasteiger partial charge on any atom is 1.00 e. The van der Waals surface area contributed by atoms with Gasteiger partial charge in [-0.2, -0.15) is 0 Å². The van der Waals surface area contributed by atoms with Gasteiger partial charge in [0.2, 0.25) is 0 Å². The SMILES string of the molecule is O=S(=O)([O-])Nc1cccc(Br)c1.[Na+]. The van der Waals surface area contributed by atoms with Crippen LogP contribution >= 0.6 is 15.9 Å². The smallest absolute Gasteiger partial charge is 0.731 e. The molecule has 0 radical (unpaired) electrons. The minimum atomic E-state index is -4.41. The van der Waals surface area contributed by atoms with Crippen molar-refractivity contribution in [2.45, 2.75) is 0 Å². The minimum absolute atomic E-state index is 0. The van der Waals surface area contributed by atoms with Crippen LogP contribution in [0.2, 0.25) is 0 Å². The first kappa shape index (κ1) is 13.4. The average Bonchev–Trinajstić information content (AvgIpc) is 1.82. The van der Waals surface area contributed by atoms with Gasteiger partial charge in [0.05, 0.1) is 0 Å². The van der Waals surface area contributed by atoms with Crippen LogP contribution in [0, 0.1) is 0 Å². The van der Waals surface area contributed by atoms with Crippen molar-refractivity contribution >= 4 is 31.9 Å². The minimum Gasteiger partial charge on any atom is -0.731 e. The van der Waals surface area contributed by atoms with Gasteiger partial charge in [0.25, 0.3) is 0 Å². The van der Waals surface area contributed by atoms with Gasteiger partial charge in [-0.25, -0.2) is 8.42 Å². The monoisotopic (exact) mass is 273 g/mol. The fourth-order valence-corrected chi connectivity index (χ4v) is 1.51. The molecule has 13 heavy (non-hydrogen) atoms. The molecule has 0 saturated carbocycles. The zero-order chi connectivity index (χ0) is 9.19. The van der Waals surface area contributed by atoms with E-state index in [0.717, 1.165) is 0 Å². The Morgan fingerprint density at radius 1 is 1.38 bits per heavy atom.